The number of carbonyl (C=O) groups is 1. The number of aryl methyl sites for hydroxylation is 1. The molecule has 0 fully saturated rings. The van der Waals surface area contributed by atoms with Crippen LogP contribution in [-0.4, -0.2) is 22.1 Å². The number of hydrogen-bond donors (Lipinski definition) is 0. The molecule has 0 spiro atoms. The molecule has 0 aliphatic heterocycles. The van der Waals surface area contributed by atoms with Gasteiger partial charge in [-0.1, -0.05) is 20.3 Å². The number of aromatic nitrogens is 2. The van der Waals surface area contributed by atoms with E-state index in [0.29, 0.717) is 17.9 Å². The summed E-state index contributed by atoms with van der Waals surface area (Å²) in [5.41, 5.74) is 1.03. The standard InChI is InChI=1S/C17H22N2O3S/c1-3-4-7-22-14(20)9-19-10-18-16-15(17(19)21)12-6-5-11(2)8-13(12)23-16/h10-11H,3-9H2,1-2H3/t11-/m1/s1. The van der Waals surface area contributed by atoms with Gasteiger partial charge in [-0.05, 0) is 37.2 Å². The third-order valence-corrected chi connectivity index (χ3v) is 5.50. The van der Waals surface area contributed by atoms with Crippen molar-refractivity contribution in [1.82, 2.24) is 9.55 Å². The number of unbranched alkanes of at least 4 members (excludes halogenated alkanes) is 1. The lowest BCUT2D eigenvalue weighted by Crippen LogP contribution is -2.26. The highest BCUT2D eigenvalue weighted by atomic mass is 32.1. The molecule has 2 aromatic heterocycles. The zero-order valence-electron chi connectivity index (χ0n) is 13.6. The van der Waals surface area contributed by atoms with Gasteiger partial charge in [0.05, 0.1) is 18.3 Å². The molecular formula is C17H22N2O3S. The Hall–Kier alpha value is -1.69. The first-order valence-electron chi connectivity index (χ1n) is 8.25. The molecule has 1 aliphatic carbocycles. The van der Waals surface area contributed by atoms with Gasteiger partial charge in [0.1, 0.15) is 11.4 Å². The molecule has 6 heteroatoms. The van der Waals surface area contributed by atoms with Crippen molar-refractivity contribution >= 4 is 27.5 Å². The summed E-state index contributed by atoms with van der Waals surface area (Å²) in [6.45, 7) is 4.63. The second kappa shape index (κ2) is 6.83. The van der Waals surface area contributed by atoms with Crippen LogP contribution in [0.2, 0.25) is 0 Å². The summed E-state index contributed by atoms with van der Waals surface area (Å²) < 4.78 is 6.51. The van der Waals surface area contributed by atoms with E-state index in [0.717, 1.165) is 42.5 Å². The van der Waals surface area contributed by atoms with Crippen LogP contribution in [0.3, 0.4) is 0 Å². The second-order valence-electron chi connectivity index (χ2n) is 6.28. The van der Waals surface area contributed by atoms with Crippen molar-refractivity contribution in [3.05, 3.63) is 27.1 Å². The number of carbonyl (C=O) groups excluding carboxylic acids is 1. The van der Waals surface area contributed by atoms with Crippen molar-refractivity contribution in [3.63, 3.8) is 0 Å². The van der Waals surface area contributed by atoms with Crippen LogP contribution in [0.25, 0.3) is 10.2 Å². The summed E-state index contributed by atoms with van der Waals surface area (Å²) in [7, 11) is 0. The van der Waals surface area contributed by atoms with Crippen LogP contribution in [0.1, 0.15) is 43.6 Å². The molecule has 0 saturated heterocycles. The van der Waals surface area contributed by atoms with E-state index in [1.54, 1.807) is 11.3 Å². The van der Waals surface area contributed by atoms with Crippen LogP contribution < -0.4 is 5.56 Å². The molecule has 0 unspecified atom stereocenters. The lowest BCUT2D eigenvalue weighted by atomic mass is 9.89. The Kier molecular flexibility index (Phi) is 4.80. The Labute approximate surface area is 139 Å². The zero-order valence-corrected chi connectivity index (χ0v) is 14.4. The number of ether oxygens (including phenoxy) is 1. The van der Waals surface area contributed by atoms with Gasteiger partial charge in [0.2, 0.25) is 0 Å². The fourth-order valence-corrected chi connectivity index (χ4v) is 4.33. The monoisotopic (exact) mass is 334 g/mol. The molecule has 23 heavy (non-hydrogen) atoms. The molecule has 0 aromatic carbocycles. The molecule has 5 nitrogen and oxygen atoms in total. The first-order chi connectivity index (χ1) is 11.1. The maximum atomic E-state index is 12.7. The largest absolute Gasteiger partial charge is 0.464 e. The Balaban J connectivity index is 1.87. The number of nitrogens with zero attached hydrogens (tertiary/aromatic N) is 2. The van der Waals surface area contributed by atoms with E-state index in [4.69, 9.17) is 4.74 Å². The maximum absolute atomic E-state index is 12.7. The summed E-state index contributed by atoms with van der Waals surface area (Å²) in [6.07, 6.45) is 6.34. The van der Waals surface area contributed by atoms with Crippen molar-refractivity contribution in [1.29, 1.82) is 0 Å². The molecule has 2 aromatic rings. The summed E-state index contributed by atoms with van der Waals surface area (Å²) >= 11 is 1.62. The Morgan fingerprint density at radius 3 is 3.13 bits per heavy atom. The molecule has 0 amide bonds. The van der Waals surface area contributed by atoms with E-state index in [1.807, 2.05) is 6.92 Å². The van der Waals surface area contributed by atoms with Gasteiger partial charge < -0.3 is 4.74 Å². The summed E-state index contributed by atoms with van der Waals surface area (Å²) in [5, 5.41) is 0.709. The second-order valence-corrected chi connectivity index (χ2v) is 7.37. The van der Waals surface area contributed by atoms with Gasteiger partial charge in [0, 0.05) is 4.88 Å². The fraction of sp³-hybridized carbons (Fsp3) is 0.588. The normalized spacial score (nSPS) is 17.2. The number of esters is 1. The SMILES string of the molecule is CCCCOC(=O)Cn1cnc2sc3c(c2c1=O)CC[C@@H](C)C3. The molecular weight excluding hydrogens is 312 g/mol. The van der Waals surface area contributed by atoms with Crippen molar-refractivity contribution in [2.75, 3.05) is 6.61 Å². The van der Waals surface area contributed by atoms with Crippen molar-refractivity contribution < 1.29 is 9.53 Å². The maximum Gasteiger partial charge on any atom is 0.326 e. The summed E-state index contributed by atoms with van der Waals surface area (Å²) in [6, 6.07) is 0. The minimum absolute atomic E-state index is 0.0630. The highest BCUT2D eigenvalue weighted by Crippen LogP contribution is 2.35. The summed E-state index contributed by atoms with van der Waals surface area (Å²) in [4.78, 5) is 31.0. The van der Waals surface area contributed by atoms with E-state index >= 15 is 0 Å². The molecule has 0 saturated carbocycles. The average molecular weight is 334 g/mol. The van der Waals surface area contributed by atoms with Gasteiger partial charge in [-0.2, -0.15) is 0 Å². The average Bonchev–Trinajstić information content (AvgIpc) is 2.88. The number of thiophene rings is 1. The van der Waals surface area contributed by atoms with E-state index in [1.165, 1.54) is 15.8 Å². The van der Waals surface area contributed by atoms with Crippen LogP contribution in [0.15, 0.2) is 11.1 Å². The molecule has 1 atom stereocenters. The summed E-state index contributed by atoms with van der Waals surface area (Å²) in [5.74, 6) is 0.283. The Bertz CT molecular complexity index is 778. The molecule has 124 valence electrons. The third kappa shape index (κ3) is 3.32. The van der Waals surface area contributed by atoms with Crippen LogP contribution in [0.5, 0.6) is 0 Å². The Morgan fingerprint density at radius 2 is 2.35 bits per heavy atom. The van der Waals surface area contributed by atoms with Crippen LogP contribution >= 0.6 is 11.3 Å². The van der Waals surface area contributed by atoms with Gasteiger partial charge in [0.15, 0.2) is 0 Å². The number of fused-ring (bicyclic) bond motifs is 3. The number of rotatable bonds is 5. The number of hydrogen-bond acceptors (Lipinski definition) is 5. The molecule has 0 N–H and O–H groups in total. The Morgan fingerprint density at radius 1 is 1.52 bits per heavy atom. The van der Waals surface area contributed by atoms with Crippen molar-refractivity contribution in [2.45, 2.75) is 52.5 Å². The van der Waals surface area contributed by atoms with Gasteiger partial charge in [0.25, 0.3) is 5.56 Å². The first-order valence-corrected chi connectivity index (χ1v) is 9.07. The van der Waals surface area contributed by atoms with Gasteiger partial charge in [-0.25, -0.2) is 4.98 Å². The lowest BCUT2D eigenvalue weighted by molar-refractivity contribution is -0.144. The van der Waals surface area contributed by atoms with Gasteiger partial charge in [-0.15, -0.1) is 11.3 Å². The smallest absolute Gasteiger partial charge is 0.326 e. The molecule has 0 radical (unpaired) electrons. The minimum Gasteiger partial charge on any atom is -0.464 e. The topological polar surface area (TPSA) is 61.2 Å². The highest BCUT2D eigenvalue weighted by Gasteiger charge is 2.23. The third-order valence-electron chi connectivity index (χ3n) is 4.34. The van der Waals surface area contributed by atoms with E-state index in [-0.39, 0.29) is 18.1 Å². The molecule has 0 bridgehead atoms. The van der Waals surface area contributed by atoms with Gasteiger partial charge >= 0.3 is 5.97 Å². The van der Waals surface area contributed by atoms with Crippen LogP contribution in [0, 0.1) is 5.92 Å². The minimum atomic E-state index is -0.376. The van der Waals surface area contributed by atoms with E-state index < -0.39 is 0 Å². The highest BCUT2D eigenvalue weighted by molar-refractivity contribution is 7.18. The van der Waals surface area contributed by atoms with Crippen molar-refractivity contribution in [3.8, 4) is 0 Å². The zero-order chi connectivity index (χ0) is 16.4. The van der Waals surface area contributed by atoms with E-state index in [9.17, 15) is 9.59 Å². The van der Waals surface area contributed by atoms with E-state index in [2.05, 4.69) is 11.9 Å². The van der Waals surface area contributed by atoms with Gasteiger partial charge in [-0.3, -0.25) is 14.2 Å². The van der Waals surface area contributed by atoms with Crippen molar-refractivity contribution in [2.24, 2.45) is 5.92 Å². The predicted molar refractivity (Wildman–Crippen MR) is 90.9 cm³/mol. The fourth-order valence-electron chi connectivity index (χ4n) is 2.99. The van der Waals surface area contributed by atoms with Crippen LogP contribution in [-0.2, 0) is 28.9 Å². The van der Waals surface area contributed by atoms with Crippen LogP contribution in [0.4, 0.5) is 0 Å². The predicted octanol–water partition coefficient (Wildman–Crippen LogP) is 2.93. The first kappa shape index (κ1) is 16.2. The lowest BCUT2D eigenvalue weighted by Gasteiger charge is -2.17. The molecule has 3 rings (SSSR count). The molecule has 1 aliphatic rings. The molecule has 2 heterocycles. The quantitative estimate of drug-likeness (QED) is 0.623.